The number of aliphatic hydroxyl groups excluding tert-OH is 1. The number of carbonyl (C=O) groups excluding carboxylic acids is 2. The van der Waals surface area contributed by atoms with Crippen LogP contribution in [-0.2, 0) is 19.8 Å². The van der Waals surface area contributed by atoms with Crippen molar-refractivity contribution in [2.45, 2.75) is 43.6 Å². The van der Waals surface area contributed by atoms with E-state index in [0.29, 0.717) is 6.42 Å². The molecule has 0 aliphatic carbocycles. The molecule has 0 aromatic carbocycles. The maximum absolute atomic E-state index is 12.5. The van der Waals surface area contributed by atoms with Gasteiger partial charge >= 0.3 is 29.6 Å². The number of thioether (sulfide) groups is 1. The van der Waals surface area contributed by atoms with Crippen molar-refractivity contribution in [1.82, 2.24) is 14.9 Å². The van der Waals surface area contributed by atoms with Crippen molar-refractivity contribution in [2.24, 2.45) is 17.0 Å². The summed E-state index contributed by atoms with van der Waals surface area (Å²) in [6.45, 7) is -1.45. The molecule has 10 nitrogen and oxygen atoms in total. The molecule has 0 radical (unpaired) electrons. The van der Waals surface area contributed by atoms with Gasteiger partial charge in [-0.2, -0.15) is 8.42 Å². The third kappa shape index (κ3) is 4.60. The molecule has 0 unspecified atom stereocenters. The molecule has 3 aliphatic heterocycles. The van der Waals surface area contributed by atoms with Gasteiger partial charge in [0.2, 0.25) is 5.91 Å². The number of aliphatic hydroxyl groups is 1. The number of nitrogens with zero attached hydrogens (tertiary/aromatic N) is 1. The predicted molar refractivity (Wildman–Crippen MR) is 95.9 cm³/mol. The Morgan fingerprint density at radius 2 is 2.32 bits per heavy atom. The van der Waals surface area contributed by atoms with E-state index in [0.717, 1.165) is 16.7 Å². The van der Waals surface area contributed by atoms with Gasteiger partial charge in [-0.3, -0.25) is 4.79 Å². The van der Waals surface area contributed by atoms with Crippen molar-refractivity contribution in [3.8, 4) is 0 Å². The van der Waals surface area contributed by atoms with Crippen molar-refractivity contribution in [3.05, 3.63) is 10.6 Å². The van der Waals surface area contributed by atoms with E-state index >= 15 is 0 Å². The van der Waals surface area contributed by atoms with E-state index < -0.39 is 63.8 Å². The first-order valence-electron chi connectivity index (χ1n) is 10.2. The smallest absolute Gasteiger partial charge is 0.543 e. The van der Waals surface area contributed by atoms with Crippen LogP contribution in [0.5, 0.6) is 0 Å². The Hall–Kier alpha value is -0.180. The van der Waals surface area contributed by atoms with Crippen LogP contribution in [0.3, 0.4) is 0 Å². The van der Waals surface area contributed by atoms with E-state index in [1.165, 1.54) is 6.92 Å². The zero-order valence-corrected chi connectivity index (χ0v) is 19.0. The minimum Gasteiger partial charge on any atom is -0.543 e. The normalized spacial score (nSPS) is 38.5. The molecule has 0 bridgehead atoms. The van der Waals surface area contributed by atoms with Crippen molar-refractivity contribution in [1.29, 1.82) is 0 Å². The van der Waals surface area contributed by atoms with Crippen LogP contribution in [0.4, 0.5) is 0 Å². The Morgan fingerprint density at radius 1 is 1.64 bits per heavy atom. The number of nitrogens with one attached hydrogen (secondary N) is 2. The van der Waals surface area contributed by atoms with E-state index in [9.17, 15) is 28.2 Å². The van der Waals surface area contributed by atoms with Gasteiger partial charge in [-0.25, -0.2) is 9.86 Å². The summed E-state index contributed by atoms with van der Waals surface area (Å²) < 4.78 is 56.9. The fraction of sp³-hybridized carbons (Fsp3) is 0.733. The number of carboxylic acid groups (broad SMARTS) is 1. The van der Waals surface area contributed by atoms with Crippen LogP contribution < -0.4 is 49.8 Å². The SMILES string of the molecule is [2H]C([2H])([2H])[C@@]1([2H])C(S[C@@H]2CN[C@H](CNS(N)(=O)=O)C2)=C(C(=O)[O-])N2C(=O)[C@H]([C@@H](C)O)[C@H]21.[Na+]. The minimum atomic E-state index is -3.90. The van der Waals surface area contributed by atoms with E-state index in [-0.39, 0.29) is 53.6 Å². The number of amides is 1. The number of hydrogen-bond donors (Lipinski definition) is 4. The summed E-state index contributed by atoms with van der Waals surface area (Å²) in [5.74, 6) is -6.23. The summed E-state index contributed by atoms with van der Waals surface area (Å²) in [4.78, 5) is 24.8. The summed E-state index contributed by atoms with van der Waals surface area (Å²) in [7, 11) is -3.90. The average Bonchev–Trinajstić information content (AvgIpc) is 3.13. The molecule has 2 fully saturated rings. The van der Waals surface area contributed by atoms with E-state index in [1.807, 2.05) is 0 Å². The summed E-state index contributed by atoms with van der Waals surface area (Å²) in [5, 5.41) is 29.4. The third-order valence-electron chi connectivity index (χ3n) is 4.85. The second-order valence-corrected chi connectivity index (χ2v) is 9.46. The number of rotatable bonds is 7. The van der Waals surface area contributed by atoms with E-state index in [4.69, 9.17) is 10.6 Å². The van der Waals surface area contributed by atoms with Gasteiger partial charge in [0, 0.05) is 40.7 Å². The van der Waals surface area contributed by atoms with Crippen LogP contribution in [0.1, 0.15) is 25.7 Å². The maximum atomic E-state index is 12.5. The third-order valence-corrected chi connectivity index (χ3v) is 6.76. The zero-order chi connectivity index (χ0) is 23.5. The molecule has 0 aromatic heterocycles. The molecule has 0 saturated carbocycles. The number of β-lactam (4-membered cyclic amide) rings is 1. The van der Waals surface area contributed by atoms with E-state index in [1.54, 1.807) is 0 Å². The van der Waals surface area contributed by atoms with Crippen LogP contribution in [0.15, 0.2) is 10.6 Å². The Morgan fingerprint density at radius 3 is 2.86 bits per heavy atom. The Kier molecular flexibility index (Phi) is 5.91. The van der Waals surface area contributed by atoms with Crippen LogP contribution in [0, 0.1) is 11.8 Å². The number of carboxylic acids is 1. The number of nitrogens with two attached hydrogens (primary N) is 1. The number of carbonyl (C=O) groups is 2. The summed E-state index contributed by atoms with van der Waals surface area (Å²) in [6, 6.07) is -1.71. The maximum Gasteiger partial charge on any atom is 1.00 e. The zero-order valence-electron chi connectivity index (χ0n) is 19.3. The fourth-order valence-electron chi connectivity index (χ4n) is 3.63. The molecule has 152 valence electrons. The minimum absolute atomic E-state index is 0. The van der Waals surface area contributed by atoms with Gasteiger partial charge < -0.3 is 25.2 Å². The molecule has 0 aromatic rings. The number of hydrogen-bond acceptors (Lipinski definition) is 8. The molecular formula is C15H23N4NaO6S2. The number of aliphatic carboxylic acids is 1. The van der Waals surface area contributed by atoms with Crippen LogP contribution in [-0.4, -0.2) is 66.8 Å². The van der Waals surface area contributed by atoms with Gasteiger partial charge in [-0.1, -0.05) is 6.85 Å². The second-order valence-electron chi connectivity index (χ2n) is 6.77. The first-order chi connectivity index (χ1) is 14.1. The van der Waals surface area contributed by atoms with Crippen molar-refractivity contribution in [2.75, 3.05) is 13.1 Å². The molecule has 3 heterocycles. The van der Waals surface area contributed by atoms with Gasteiger partial charge in [0.1, 0.15) is 0 Å². The summed E-state index contributed by atoms with van der Waals surface area (Å²) >= 11 is 0.850. The fourth-order valence-corrected chi connectivity index (χ4v) is 5.45. The molecule has 6 atom stereocenters. The van der Waals surface area contributed by atoms with Gasteiger partial charge in [0.15, 0.2) is 0 Å². The summed E-state index contributed by atoms with van der Waals surface area (Å²) in [5.41, 5.74) is -0.658. The van der Waals surface area contributed by atoms with Gasteiger partial charge in [0.05, 0.1) is 29.7 Å². The van der Waals surface area contributed by atoms with Crippen LogP contribution >= 0.6 is 11.8 Å². The molecule has 5 N–H and O–H groups in total. The standard InChI is InChI=1S/C15H24N4O6S2.Na/c1-6-11-10(7(2)20)14(21)19(11)12(15(22)23)13(6)26-9-3-8(17-5-9)4-18-27(16,24)25;/h6-11,17-18,20H,3-5H2,1-2H3,(H,22,23)(H2,16,24,25);/q;+1/p-1/t6-,7-,8+,9+,10-,11-;/m1./s1/i1D3,6D;. The molecule has 0 spiro atoms. The van der Waals surface area contributed by atoms with Crippen LogP contribution in [0.25, 0.3) is 0 Å². The molecule has 13 heteroatoms. The quantitative estimate of drug-likeness (QED) is 0.222. The van der Waals surface area contributed by atoms with Crippen molar-refractivity contribution < 1.29 is 63.3 Å². The van der Waals surface area contributed by atoms with E-state index in [2.05, 4.69) is 10.0 Å². The topological polar surface area (TPSA) is 165 Å². The average molecular weight is 447 g/mol. The molecule has 1 amide bonds. The van der Waals surface area contributed by atoms with Gasteiger partial charge in [0.25, 0.3) is 10.2 Å². The van der Waals surface area contributed by atoms with Gasteiger partial charge in [-0.15, -0.1) is 11.8 Å². The monoisotopic (exact) mass is 446 g/mol. The second kappa shape index (κ2) is 8.90. The van der Waals surface area contributed by atoms with Crippen LogP contribution in [0.2, 0.25) is 0 Å². The molecule has 3 rings (SSSR count). The molecule has 2 saturated heterocycles. The molecule has 3 aliphatic rings. The first kappa shape index (κ1) is 18.6. The summed E-state index contributed by atoms with van der Waals surface area (Å²) in [6.07, 6.45) is -0.943. The molecule has 28 heavy (non-hydrogen) atoms. The Bertz CT molecular complexity index is 933. The van der Waals surface area contributed by atoms with Gasteiger partial charge in [-0.05, 0) is 13.3 Å². The number of fused-ring (bicyclic) bond motifs is 1. The van der Waals surface area contributed by atoms with Crippen molar-refractivity contribution >= 4 is 33.8 Å². The van der Waals surface area contributed by atoms with Crippen molar-refractivity contribution in [3.63, 3.8) is 0 Å². The Labute approximate surface area is 195 Å². The predicted octanol–water partition coefficient (Wildman–Crippen LogP) is -5.93. The Balaban J connectivity index is 0.00000363. The first-order valence-corrected chi connectivity index (χ1v) is 10.7. The molecular weight excluding hydrogens is 419 g/mol. The largest absolute Gasteiger partial charge is 1.00 e.